The van der Waals surface area contributed by atoms with Crippen LogP contribution < -0.4 is 4.90 Å². The van der Waals surface area contributed by atoms with Crippen LogP contribution in [0.2, 0.25) is 0 Å². The van der Waals surface area contributed by atoms with Crippen molar-refractivity contribution in [2.24, 2.45) is 0 Å². The van der Waals surface area contributed by atoms with E-state index in [0.717, 1.165) is 29.8 Å². The zero-order valence-electron chi connectivity index (χ0n) is 10.8. The molecule has 0 bridgehead atoms. The largest absolute Gasteiger partial charge is 0.308 e. The number of carbonyl (C=O) groups excluding carboxylic acids is 1. The van der Waals surface area contributed by atoms with Crippen LogP contribution in [0.5, 0.6) is 0 Å². The number of rotatable bonds is 2. The first kappa shape index (κ1) is 12.3. The fourth-order valence-electron chi connectivity index (χ4n) is 2.43. The Morgan fingerprint density at radius 3 is 2.53 bits per heavy atom. The number of amides is 1. The Hall–Kier alpha value is -1.74. The summed E-state index contributed by atoms with van der Waals surface area (Å²) in [5.41, 5.74) is 2.98. The number of thioether (sulfide) groups is 1. The predicted octanol–water partition coefficient (Wildman–Crippen LogP) is 3.61. The third-order valence-electron chi connectivity index (χ3n) is 3.48. The lowest BCUT2D eigenvalue weighted by Crippen LogP contribution is -2.37. The number of benzene rings is 2. The molecule has 1 aliphatic rings. The van der Waals surface area contributed by atoms with Crippen molar-refractivity contribution >= 4 is 23.4 Å². The van der Waals surface area contributed by atoms with Crippen molar-refractivity contribution < 1.29 is 4.79 Å². The Bertz CT molecular complexity index is 606. The van der Waals surface area contributed by atoms with Gasteiger partial charge in [-0.15, -0.1) is 11.8 Å². The molecule has 0 aliphatic carbocycles. The van der Waals surface area contributed by atoms with Crippen molar-refractivity contribution in [2.45, 2.75) is 11.3 Å². The van der Waals surface area contributed by atoms with Crippen molar-refractivity contribution in [1.82, 2.24) is 0 Å². The van der Waals surface area contributed by atoms with Crippen LogP contribution in [0, 0.1) is 0 Å². The van der Waals surface area contributed by atoms with Gasteiger partial charge in [0.25, 0.3) is 5.91 Å². The molecule has 2 aromatic rings. The van der Waals surface area contributed by atoms with Gasteiger partial charge in [0.1, 0.15) is 0 Å². The van der Waals surface area contributed by atoms with E-state index < -0.39 is 0 Å². The summed E-state index contributed by atoms with van der Waals surface area (Å²) < 4.78 is 0. The summed E-state index contributed by atoms with van der Waals surface area (Å²) in [5.74, 6) is 0.110. The van der Waals surface area contributed by atoms with Gasteiger partial charge in [-0.05, 0) is 48.6 Å². The summed E-state index contributed by atoms with van der Waals surface area (Å²) in [6, 6.07) is 16.1. The quantitative estimate of drug-likeness (QED) is 0.776. The van der Waals surface area contributed by atoms with Gasteiger partial charge in [0.2, 0.25) is 0 Å². The number of anilines is 1. The first-order chi connectivity index (χ1) is 9.29. The Labute approximate surface area is 117 Å². The molecule has 0 N–H and O–H groups in total. The molecule has 1 aliphatic heterocycles. The Morgan fingerprint density at radius 2 is 1.79 bits per heavy atom. The molecular formula is C16H15NOS. The van der Waals surface area contributed by atoms with Gasteiger partial charge in [-0.2, -0.15) is 0 Å². The molecule has 2 nitrogen and oxygen atoms in total. The van der Waals surface area contributed by atoms with Crippen LogP contribution in [-0.4, -0.2) is 18.7 Å². The summed E-state index contributed by atoms with van der Waals surface area (Å²) in [4.78, 5) is 15.6. The topological polar surface area (TPSA) is 20.3 Å². The molecule has 1 amide bonds. The molecule has 3 heteroatoms. The Kier molecular flexibility index (Phi) is 3.30. The number of nitrogens with zero attached hydrogens (tertiary/aromatic N) is 1. The first-order valence-corrected chi connectivity index (χ1v) is 7.56. The zero-order valence-corrected chi connectivity index (χ0v) is 11.6. The molecule has 0 saturated heterocycles. The summed E-state index contributed by atoms with van der Waals surface area (Å²) in [6.07, 6.45) is 2.98. The monoisotopic (exact) mass is 269 g/mol. The maximum Gasteiger partial charge on any atom is 0.258 e. The molecule has 19 heavy (non-hydrogen) atoms. The van der Waals surface area contributed by atoms with E-state index in [4.69, 9.17) is 0 Å². The number of fused-ring (bicyclic) bond motifs is 1. The van der Waals surface area contributed by atoms with E-state index in [9.17, 15) is 4.79 Å². The average molecular weight is 269 g/mol. The van der Waals surface area contributed by atoms with Crippen molar-refractivity contribution in [2.75, 3.05) is 17.7 Å². The van der Waals surface area contributed by atoms with Gasteiger partial charge in [-0.3, -0.25) is 4.79 Å². The third kappa shape index (κ3) is 2.26. The van der Waals surface area contributed by atoms with Gasteiger partial charge in [-0.25, -0.2) is 0 Å². The summed E-state index contributed by atoms with van der Waals surface area (Å²) in [5, 5.41) is 0. The number of hydrogen-bond acceptors (Lipinski definition) is 2. The van der Waals surface area contributed by atoms with Crippen molar-refractivity contribution in [3.8, 4) is 0 Å². The second-order valence-electron chi connectivity index (χ2n) is 4.56. The molecule has 0 unspecified atom stereocenters. The standard InChI is InChI=1S/C16H15NOS/c1-19-14-8-6-13(7-9-14)17-11-10-12-4-2-3-5-15(12)16(17)18/h2-9H,10-11H2,1H3. The predicted molar refractivity (Wildman–Crippen MR) is 80.0 cm³/mol. The van der Waals surface area contributed by atoms with Gasteiger partial charge in [-0.1, -0.05) is 18.2 Å². The summed E-state index contributed by atoms with van der Waals surface area (Å²) in [7, 11) is 0. The number of hydrogen-bond donors (Lipinski definition) is 0. The molecule has 1 heterocycles. The lowest BCUT2D eigenvalue weighted by molar-refractivity contribution is 0.0980. The van der Waals surface area contributed by atoms with Crippen molar-refractivity contribution in [1.29, 1.82) is 0 Å². The van der Waals surface area contributed by atoms with Gasteiger partial charge in [0, 0.05) is 22.7 Å². The Balaban J connectivity index is 1.93. The highest BCUT2D eigenvalue weighted by molar-refractivity contribution is 7.98. The second kappa shape index (κ2) is 5.10. The van der Waals surface area contributed by atoms with E-state index in [1.807, 2.05) is 41.3 Å². The van der Waals surface area contributed by atoms with E-state index >= 15 is 0 Å². The van der Waals surface area contributed by atoms with Crippen molar-refractivity contribution in [3.63, 3.8) is 0 Å². The highest BCUT2D eigenvalue weighted by Crippen LogP contribution is 2.26. The second-order valence-corrected chi connectivity index (χ2v) is 5.44. The molecule has 96 valence electrons. The molecule has 0 atom stereocenters. The lowest BCUT2D eigenvalue weighted by Gasteiger charge is -2.28. The van der Waals surface area contributed by atoms with E-state index in [1.54, 1.807) is 11.8 Å². The van der Waals surface area contributed by atoms with Crippen LogP contribution >= 0.6 is 11.8 Å². The summed E-state index contributed by atoms with van der Waals surface area (Å²) in [6.45, 7) is 0.758. The van der Waals surface area contributed by atoms with Crippen LogP contribution in [0.25, 0.3) is 0 Å². The van der Waals surface area contributed by atoms with Crippen LogP contribution in [-0.2, 0) is 6.42 Å². The van der Waals surface area contributed by atoms with Crippen LogP contribution in [0.3, 0.4) is 0 Å². The van der Waals surface area contributed by atoms with Gasteiger partial charge < -0.3 is 4.90 Å². The fraction of sp³-hybridized carbons (Fsp3) is 0.188. The fourth-order valence-corrected chi connectivity index (χ4v) is 2.84. The highest BCUT2D eigenvalue weighted by Gasteiger charge is 2.24. The number of carbonyl (C=O) groups is 1. The van der Waals surface area contributed by atoms with Gasteiger partial charge in [0.15, 0.2) is 0 Å². The van der Waals surface area contributed by atoms with Crippen molar-refractivity contribution in [3.05, 3.63) is 59.7 Å². The van der Waals surface area contributed by atoms with E-state index in [1.165, 1.54) is 4.90 Å². The molecule has 0 saturated carbocycles. The van der Waals surface area contributed by atoms with E-state index in [-0.39, 0.29) is 5.91 Å². The zero-order chi connectivity index (χ0) is 13.2. The SMILES string of the molecule is CSc1ccc(N2CCc3ccccc3C2=O)cc1. The first-order valence-electron chi connectivity index (χ1n) is 6.33. The molecule has 0 fully saturated rings. The highest BCUT2D eigenvalue weighted by atomic mass is 32.2. The van der Waals surface area contributed by atoms with Crippen LogP contribution in [0.4, 0.5) is 5.69 Å². The maximum atomic E-state index is 12.5. The molecule has 0 aromatic heterocycles. The van der Waals surface area contributed by atoms with Gasteiger partial charge in [0.05, 0.1) is 0 Å². The van der Waals surface area contributed by atoms with E-state index in [2.05, 4.69) is 18.4 Å². The van der Waals surface area contributed by atoms with Crippen LogP contribution in [0.15, 0.2) is 53.4 Å². The summed E-state index contributed by atoms with van der Waals surface area (Å²) >= 11 is 1.71. The normalized spacial score (nSPS) is 14.4. The third-order valence-corrected chi connectivity index (χ3v) is 4.23. The minimum atomic E-state index is 0.110. The van der Waals surface area contributed by atoms with Crippen LogP contribution in [0.1, 0.15) is 15.9 Å². The van der Waals surface area contributed by atoms with Gasteiger partial charge >= 0.3 is 0 Å². The minimum Gasteiger partial charge on any atom is -0.308 e. The lowest BCUT2D eigenvalue weighted by atomic mass is 9.99. The van der Waals surface area contributed by atoms with E-state index in [0.29, 0.717) is 0 Å². The maximum absolute atomic E-state index is 12.5. The molecular weight excluding hydrogens is 254 g/mol. The smallest absolute Gasteiger partial charge is 0.258 e. The molecule has 3 rings (SSSR count). The molecule has 0 radical (unpaired) electrons. The average Bonchev–Trinajstić information content (AvgIpc) is 2.48. The minimum absolute atomic E-state index is 0.110. The molecule has 0 spiro atoms. The Morgan fingerprint density at radius 1 is 1.05 bits per heavy atom. The molecule has 2 aromatic carbocycles.